The first-order chi connectivity index (χ1) is 8.18. The Morgan fingerprint density at radius 2 is 1.94 bits per heavy atom. The first-order valence-electron chi connectivity index (χ1n) is 4.76. The summed E-state index contributed by atoms with van der Waals surface area (Å²) in [6.45, 7) is 0. The van der Waals surface area contributed by atoms with Crippen LogP contribution in [0.1, 0.15) is 20.7 Å². The molecule has 0 saturated heterocycles. The Morgan fingerprint density at radius 3 is 2.65 bits per heavy atom. The van der Waals surface area contributed by atoms with Crippen LogP contribution in [-0.4, -0.2) is 16.8 Å². The highest BCUT2D eigenvalue weighted by Crippen LogP contribution is 2.30. The summed E-state index contributed by atoms with van der Waals surface area (Å²) >= 11 is 4.55. The Morgan fingerprint density at radius 1 is 1.18 bits per heavy atom. The molecule has 1 aromatic carbocycles. The van der Waals surface area contributed by atoms with E-state index in [4.69, 9.17) is 0 Å². The van der Waals surface area contributed by atoms with Gasteiger partial charge in [0.15, 0.2) is 5.13 Å². The summed E-state index contributed by atoms with van der Waals surface area (Å²) in [5, 5.41) is 2.14. The minimum atomic E-state index is -0.318. The number of hydrogen-bond acceptors (Lipinski definition) is 4. The number of aromatic nitrogens is 1. The van der Waals surface area contributed by atoms with Crippen molar-refractivity contribution in [1.82, 2.24) is 4.98 Å². The summed E-state index contributed by atoms with van der Waals surface area (Å²) in [4.78, 5) is 29.3. The van der Waals surface area contributed by atoms with Gasteiger partial charge in [-0.05, 0) is 18.2 Å². The number of halogens is 1. The van der Waals surface area contributed by atoms with E-state index in [0.717, 1.165) is 9.37 Å². The van der Waals surface area contributed by atoms with Crippen LogP contribution in [0, 0.1) is 0 Å². The van der Waals surface area contributed by atoms with Crippen LogP contribution >= 0.6 is 27.3 Å². The lowest BCUT2D eigenvalue weighted by atomic mass is 10.1. The van der Waals surface area contributed by atoms with E-state index in [1.807, 2.05) is 0 Å². The molecule has 2 amide bonds. The highest BCUT2D eigenvalue weighted by Gasteiger charge is 2.37. The molecule has 0 atom stereocenters. The fourth-order valence-corrected chi connectivity index (χ4v) is 2.71. The van der Waals surface area contributed by atoms with Gasteiger partial charge in [0.05, 0.1) is 11.1 Å². The van der Waals surface area contributed by atoms with Gasteiger partial charge in [0.1, 0.15) is 0 Å². The quantitative estimate of drug-likeness (QED) is 0.761. The highest BCUT2D eigenvalue weighted by atomic mass is 79.9. The maximum absolute atomic E-state index is 12.1. The zero-order chi connectivity index (χ0) is 12.0. The Hall–Kier alpha value is -1.53. The average molecular weight is 309 g/mol. The first-order valence-corrected chi connectivity index (χ1v) is 6.43. The molecule has 0 N–H and O–H groups in total. The molecule has 0 bridgehead atoms. The SMILES string of the molecule is O=C1c2ccc(Br)cc2C(=O)N1c1nccs1. The van der Waals surface area contributed by atoms with Gasteiger partial charge in [-0.1, -0.05) is 15.9 Å². The Balaban J connectivity index is 2.15. The summed E-state index contributed by atoms with van der Waals surface area (Å²) < 4.78 is 0.776. The van der Waals surface area contributed by atoms with Gasteiger partial charge < -0.3 is 0 Å². The Labute approximate surface area is 109 Å². The van der Waals surface area contributed by atoms with Crippen molar-refractivity contribution in [3.8, 4) is 0 Å². The predicted octanol–water partition coefficient (Wildman–Crippen LogP) is 2.71. The monoisotopic (exact) mass is 308 g/mol. The lowest BCUT2D eigenvalue weighted by molar-refractivity contribution is 0.0926. The number of carbonyl (C=O) groups excluding carboxylic acids is 2. The molecular weight excluding hydrogens is 304 g/mol. The van der Waals surface area contributed by atoms with Gasteiger partial charge in [-0.25, -0.2) is 9.88 Å². The molecule has 17 heavy (non-hydrogen) atoms. The fourth-order valence-electron chi connectivity index (χ4n) is 1.71. The van der Waals surface area contributed by atoms with Gasteiger partial charge in [0.25, 0.3) is 11.8 Å². The zero-order valence-electron chi connectivity index (χ0n) is 8.38. The highest BCUT2D eigenvalue weighted by molar-refractivity contribution is 9.10. The summed E-state index contributed by atoms with van der Waals surface area (Å²) in [6.07, 6.45) is 1.57. The molecule has 0 aliphatic carbocycles. The number of amides is 2. The number of nitrogens with zero attached hydrogens (tertiary/aromatic N) is 2. The second kappa shape index (κ2) is 3.75. The second-order valence-electron chi connectivity index (χ2n) is 3.45. The van der Waals surface area contributed by atoms with Gasteiger partial charge in [-0.15, -0.1) is 11.3 Å². The molecule has 84 valence electrons. The fraction of sp³-hybridized carbons (Fsp3) is 0. The van der Waals surface area contributed by atoms with E-state index in [1.165, 1.54) is 11.3 Å². The topological polar surface area (TPSA) is 50.3 Å². The van der Waals surface area contributed by atoms with E-state index in [9.17, 15) is 9.59 Å². The molecule has 2 heterocycles. The molecule has 3 rings (SSSR count). The van der Waals surface area contributed by atoms with Crippen molar-refractivity contribution in [2.24, 2.45) is 0 Å². The summed E-state index contributed by atoms with van der Waals surface area (Å²) in [5.41, 5.74) is 0.841. The Kier molecular flexibility index (Phi) is 2.34. The van der Waals surface area contributed by atoms with E-state index in [2.05, 4.69) is 20.9 Å². The van der Waals surface area contributed by atoms with E-state index in [-0.39, 0.29) is 11.8 Å². The van der Waals surface area contributed by atoms with Gasteiger partial charge in [-0.2, -0.15) is 0 Å². The summed E-state index contributed by atoms with van der Waals surface area (Å²) in [5.74, 6) is -0.631. The number of thiazole rings is 1. The van der Waals surface area contributed by atoms with Gasteiger partial charge in [0.2, 0.25) is 0 Å². The normalized spacial score (nSPS) is 14.3. The number of fused-ring (bicyclic) bond motifs is 1. The largest absolute Gasteiger partial charge is 0.268 e. The third-order valence-electron chi connectivity index (χ3n) is 2.46. The molecule has 6 heteroatoms. The van der Waals surface area contributed by atoms with Crippen molar-refractivity contribution in [3.05, 3.63) is 45.4 Å². The van der Waals surface area contributed by atoms with E-state index >= 15 is 0 Å². The number of hydrogen-bond donors (Lipinski definition) is 0. The van der Waals surface area contributed by atoms with Crippen LogP contribution in [0.25, 0.3) is 0 Å². The van der Waals surface area contributed by atoms with E-state index in [1.54, 1.807) is 29.8 Å². The summed E-state index contributed by atoms with van der Waals surface area (Å²) in [7, 11) is 0. The van der Waals surface area contributed by atoms with Crippen LogP contribution in [0.4, 0.5) is 5.13 Å². The number of rotatable bonds is 1. The van der Waals surface area contributed by atoms with Gasteiger partial charge >= 0.3 is 0 Å². The minimum absolute atomic E-state index is 0.313. The van der Waals surface area contributed by atoms with Crippen LogP contribution in [0.3, 0.4) is 0 Å². The predicted molar refractivity (Wildman–Crippen MR) is 67.4 cm³/mol. The maximum atomic E-state index is 12.1. The molecule has 0 saturated carbocycles. The molecule has 1 aliphatic rings. The molecule has 0 radical (unpaired) electrons. The molecule has 0 spiro atoms. The number of anilines is 1. The smallest absolute Gasteiger partial charge is 0.268 e. The van der Waals surface area contributed by atoms with Crippen LogP contribution in [0.15, 0.2) is 34.2 Å². The standard InChI is InChI=1S/C11H5BrN2O2S/c12-6-1-2-7-8(5-6)10(16)14(9(7)15)11-13-3-4-17-11/h1-5H. The van der Waals surface area contributed by atoms with Crippen LogP contribution in [0.5, 0.6) is 0 Å². The molecular formula is C11H5BrN2O2S. The molecule has 1 aromatic heterocycles. The lowest BCUT2D eigenvalue weighted by Gasteiger charge is -2.08. The second-order valence-corrected chi connectivity index (χ2v) is 5.24. The molecule has 4 nitrogen and oxygen atoms in total. The number of imide groups is 1. The number of carbonyl (C=O) groups is 2. The number of benzene rings is 1. The average Bonchev–Trinajstić information content (AvgIpc) is 2.88. The van der Waals surface area contributed by atoms with Crippen molar-refractivity contribution >= 4 is 44.2 Å². The van der Waals surface area contributed by atoms with Crippen LogP contribution in [0.2, 0.25) is 0 Å². The van der Waals surface area contributed by atoms with E-state index in [0.29, 0.717) is 16.3 Å². The summed E-state index contributed by atoms with van der Waals surface area (Å²) in [6, 6.07) is 5.05. The lowest BCUT2D eigenvalue weighted by Crippen LogP contribution is -2.29. The third kappa shape index (κ3) is 1.52. The van der Waals surface area contributed by atoms with Crippen molar-refractivity contribution in [2.45, 2.75) is 0 Å². The van der Waals surface area contributed by atoms with Crippen molar-refractivity contribution in [2.75, 3.05) is 4.90 Å². The van der Waals surface area contributed by atoms with Crippen molar-refractivity contribution in [3.63, 3.8) is 0 Å². The van der Waals surface area contributed by atoms with Crippen LogP contribution in [-0.2, 0) is 0 Å². The van der Waals surface area contributed by atoms with E-state index < -0.39 is 0 Å². The molecule has 0 unspecified atom stereocenters. The maximum Gasteiger partial charge on any atom is 0.268 e. The van der Waals surface area contributed by atoms with Crippen LogP contribution < -0.4 is 4.90 Å². The molecule has 0 fully saturated rings. The first kappa shape index (κ1) is 10.6. The van der Waals surface area contributed by atoms with Crippen molar-refractivity contribution < 1.29 is 9.59 Å². The minimum Gasteiger partial charge on any atom is -0.268 e. The van der Waals surface area contributed by atoms with Gasteiger partial charge in [0, 0.05) is 16.0 Å². The third-order valence-corrected chi connectivity index (χ3v) is 3.71. The van der Waals surface area contributed by atoms with Gasteiger partial charge in [-0.3, -0.25) is 9.59 Å². The Bertz CT molecular complexity index is 624. The molecule has 2 aromatic rings. The zero-order valence-corrected chi connectivity index (χ0v) is 10.8. The molecule has 1 aliphatic heterocycles. The van der Waals surface area contributed by atoms with Crippen molar-refractivity contribution in [1.29, 1.82) is 0 Å².